The van der Waals surface area contributed by atoms with Crippen molar-refractivity contribution in [2.24, 2.45) is 0 Å². The number of nitrogens with one attached hydrogen (secondary N) is 1. The highest BCUT2D eigenvalue weighted by molar-refractivity contribution is 9.10. The number of ether oxygens (including phenoxy) is 1. The Morgan fingerprint density at radius 2 is 2.10 bits per heavy atom. The molecule has 0 amide bonds. The molecule has 112 valence electrons. The van der Waals surface area contributed by atoms with Crippen LogP contribution in [0.5, 0.6) is 0 Å². The van der Waals surface area contributed by atoms with Crippen molar-refractivity contribution >= 4 is 15.9 Å². The van der Waals surface area contributed by atoms with E-state index in [1.54, 1.807) is 0 Å². The zero-order valence-electron chi connectivity index (χ0n) is 12.4. The molecule has 1 aliphatic heterocycles. The van der Waals surface area contributed by atoms with Gasteiger partial charge in [-0.1, -0.05) is 35.0 Å². The summed E-state index contributed by atoms with van der Waals surface area (Å²) >= 11 is 3.50. The van der Waals surface area contributed by atoms with Crippen LogP contribution in [-0.4, -0.2) is 25.3 Å². The highest BCUT2D eigenvalue weighted by Gasteiger charge is 2.19. The van der Waals surface area contributed by atoms with Crippen LogP contribution in [0.3, 0.4) is 0 Å². The molecule has 1 heterocycles. The van der Waals surface area contributed by atoms with E-state index in [1.165, 1.54) is 31.2 Å². The lowest BCUT2D eigenvalue weighted by molar-refractivity contribution is 0.00526. The second-order valence-electron chi connectivity index (χ2n) is 5.71. The molecule has 0 aliphatic carbocycles. The Bertz CT molecular complexity index is 373. The number of hydrogen-bond donors (Lipinski definition) is 1. The van der Waals surface area contributed by atoms with Crippen molar-refractivity contribution < 1.29 is 4.74 Å². The maximum atomic E-state index is 5.90. The van der Waals surface area contributed by atoms with E-state index >= 15 is 0 Å². The zero-order valence-corrected chi connectivity index (χ0v) is 14.0. The molecule has 0 spiro atoms. The molecule has 3 heteroatoms. The third-order valence-electron chi connectivity index (χ3n) is 3.90. The summed E-state index contributed by atoms with van der Waals surface area (Å²) in [5.74, 6) is 0. The lowest BCUT2D eigenvalue weighted by atomic mass is 9.97. The summed E-state index contributed by atoms with van der Waals surface area (Å²) in [5.41, 5.74) is 1.40. The van der Waals surface area contributed by atoms with Crippen LogP contribution in [0.4, 0.5) is 0 Å². The van der Waals surface area contributed by atoms with Gasteiger partial charge >= 0.3 is 0 Å². The first kappa shape index (κ1) is 16.0. The van der Waals surface area contributed by atoms with Gasteiger partial charge < -0.3 is 10.1 Å². The van der Waals surface area contributed by atoms with Gasteiger partial charge in [-0.3, -0.25) is 0 Å². The Balaban J connectivity index is 1.89. The maximum absolute atomic E-state index is 5.90. The van der Waals surface area contributed by atoms with E-state index in [4.69, 9.17) is 4.74 Å². The van der Waals surface area contributed by atoms with Gasteiger partial charge in [0.25, 0.3) is 0 Å². The van der Waals surface area contributed by atoms with Crippen molar-refractivity contribution in [2.75, 3.05) is 13.2 Å². The van der Waals surface area contributed by atoms with Crippen LogP contribution >= 0.6 is 15.9 Å². The van der Waals surface area contributed by atoms with Crippen LogP contribution in [0, 0.1) is 0 Å². The average molecular weight is 340 g/mol. The monoisotopic (exact) mass is 339 g/mol. The molecule has 2 atom stereocenters. The van der Waals surface area contributed by atoms with Gasteiger partial charge in [0.1, 0.15) is 0 Å². The minimum atomic E-state index is 0.452. The summed E-state index contributed by atoms with van der Waals surface area (Å²) in [6.45, 7) is 4.26. The molecule has 0 aromatic heterocycles. The van der Waals surface area contributed by atoms with Crippen molar-refractivity contribution in [1.82, 2.24) is 5.32 Å². The van der Waals surface area contributed by atoms with Crippen LogP contribution in [0.15, 0.2) is 28.7 Å². The lowest BCUT2D eigenvalue weighted by Crippen LogP contribution is -2.36. The summed E-state index contributed by atoms with van der Waals surface area (Å²) in [4.78, 5) is 0. The summed E-state index contributed by atoms with van der Waals surface area (Å²) in [7, 11) is 0. The molecule has 1 aromatic carbocycles. The Labute approximate surface area is 131 Å². The fourth-order valence-corrected chi connectivity index (χ4v) is 3.07. The normalized spacial score (nSPS) is 20.8. The predicted octanol–water partition coefficient (Wildman–Crippen LogP) is 4.32. The summed E-state index contributed by atoms with van der Waals surface area (Å²) < 4.78 is 7.05. The van der Waals surface area contributed by atoms with Crippen LogP contribution < -0.4 is 5.32 Å². The smallest absolute Gasteiger partial charge is 0.0590 e. The highest BCUT2D eigenvalue weighted by atomic mass is 79.9. The zero-order chi connectivity index (χ0) is 14.2. The van der Waals surface area contributed by atoms with Gasteiger partial charge in [-0.15, -0.1) is 0 Å². The number of halogens is 1. The molecule has 1 N–H and O–H groups in total. The molecule has 2 nitrogen and oxygen atoms in total. The molecule has 0 bridgehead atoms. The first-order valence-electron chi connectivity index (χ1n) is 7.87. The Morgan fingerprint density at radius 1 is 1.30 bits per heavy atom. The van der Waals surface area contributed by atoms with Gasteiger partial charge in [0.2, 0.25) is 0 Å². The average Bonchev–Trinajstić information content (AvgIpc) is 2.48. The minimum absolute atomic E-state index is 0.452. The molecule has 2 rings (SSSR count). The van der Waals surface area contributed by atoms with Crippen LogP contribution in [0.2, 0.25) is 0 Å². The molecule has 0 saturated carbocycles. The summed E-state index contributed by atoms with van der Waals surface area (Å²) in [6.07, 6.45) is 7.64. The van der Waals surface area contributed by atoms with Crippen molar-refractivity contribution in [2.45, 2.75) is 57.6 Å². The van der Waals surface area contributed by atoms with Crippen molar-refractivity contribution in [3.05, 3.63) is 34.3 Å². The van der Waals surface area contributed by atoms with Gasteiger partial charge in [0.15, 0.2) is 0 Å². The molecule has 20 heavy (non-hydrogen) atoms. The van der Waals surface area contributed by atoms with Gasteiger partial charge in [-0.25, -0.2) is 0 Å². The number of benzene rings is 1. The summed E-state index contributed by atoms with van der Waals surface area (Å²) in [6, 6.07) is 9.21. The number of hydrogen-bond acceptors (Lipinski definition) is 2. The topological polar surface area (TPSA) is 21.3 Å². The first-order valence-corrected chi connectivity index (χ1v) is 8.66. The molecular weight excluding hydrogens is 314 g/mol. The lowest BCUT2D eigenvalue weighted by Gasteiger charge is -2.27. The third-order valence-corrected chi connectivity index (χ3v) is 4.43. The fraction of sp³-hybridized carbons (Fsp3) is 0.647. The van der Waals surface area contributed by atoms with Crippen LogP contribution in [0.25, 0.3) is 0 Å². The first-order chi connectivity index (χ1) is 9.78. The molecule has 1 saturated heterocycles. The minimum Gasteiger partial charge on any atom is -0.378 e. The second kappa shape index (κ2) is 8.81. The van der Waals surface area contributed by atoms with Gasteiger partial charge in [-0.2, -0.15) is 0 Å². The van der Waals surface area contributed by atoms with E-state index in [0.717, 1.165) is 30.5 Å². The molecule has 0 radical (unpaired) electrons. The van der Waals surface area contributed by atoms with Crippen molar-refractivity contribution in [3.63, 3.8) is 0 Å². The SMILES string of the molecule is CCCNC(Cc1ccc(Br)cc1)CC1CCCCO1. The van der Waals surface area contributed by atoms with E-state index in [2.05, 4.69) is 52.4 Å². The molecule has 1 aliphatic rings. The molecule has 1 aromatic rings. The quantitative estimate of drug-likeness (QED) is 0.798. The van der Waals surface area contributed by atoms with E-state index in [1.807, 2.05) is 0 Å². The van der Waals surface area contributed by atoms with Gasteiger partial charge in [0, 0.05) is 17.1 Å². The summed E-state index contributed by atoms with van der Waals surface area (Å²) in [5, 5.41) is 3.69. The highest BCUT2D eigenvalue weighted by Crippen LogP contribution is 2.19. The Hall–Kier alpha value is -0.380. The Kier molecular flexibility index (Phi) is 7.05. The van der Waals surface area contributed by atoms with Crippen molar-refractivity contribution in [3.8, 4) is 0 Å². The molecule has 2 unspecified atom stereocenters. The Morgan fingerprint density at radius 3 is 2.75 bits per heavy atom. The maximum Gasteiger partial charge on any atom is 0.0590 e. The van der Waals surface area contributed by atoms with Crippen LogP contribution in [-0.2, 0) is 11.2 Å². The van der Waals surface area contributed by atoms with Crippen molar-refractivity contribution in [1.29, 1.82) is 0 Å². The van der Waals surface area contributed by atoms with E-state index in [9.17, 15) is 0 Å². The second-order valence-corrected chi connectivity index (χ2v) is 6.62. The van der Waals surface area contributed by atoms with E-state index in [-0.39, 0.29) is 0 Å². The number of rotatable bonds is 7. The fourth-order valence-electron chi connectivity index (χ4n) is 2.80. The van der Waals surface area contributed by atoms with Crippen LogP contribution in [0.1, 0.15) is 44.6 Å². The largest absolute Gasteiger partial charge is 0.378 e. The molecular formula is C17H26BrNO. The third kappa shape index (κ3) is 5.55. The standard InChI is InChI=1S/C17H26BrNO/c1-2-10-19-16(13-17-5-3-4-11-20-17)12-14-6-8-15(18)9-7-14/h6-9,16-17,19H,2-5,10-13H2,1H3. The molecule has 1 fully saturated rings. The predicted molar refractivity (Wildman–Crippen MR) is 88.1 cm³/mol. The van der Waals surface area contributed by atoms with E-state index < -0.39 is 0 Å². The van der Waals surface area contributed by atoms with Gasteiger partial charge in [-0.05, 0) is 62.8 Å². The van der Waals surface area contributed by atoms with Gasteiger partial charge in [0.05, 0.1) is 6.10 Å². The van der Waals surface area contributed by atoms with E-state index in [0.29, 0.717) is 12.1 Å².